The van der Waals surface area contributed by atoms with Crippen molar-refractivity contribution in [3.63, 3.8) is 0 Å². The Morgan fingerprint density at radius 2 is 2.15 bits per heavy atom. The van der Waals surface area contributed by atoms with Crippen molar-refractivity contribution in [2.75, 3.05) is 18.1 Å². The molecule has 0 saturated carbocycles. The Bertz CT molecular complexity index is 181. The summed E-state index contributed by atoms with van der Waals surface area (Å²) in [7, 11) is -0.524. The Kier molecular flexibility index (Phi) is 5.32. The number of hydrogen-bond donors (Lipinski definition) is 1. The molecule has 1 rings (SSSR count). The predicted molar refractivity (Wildman–Crippen MR) is 58.3 cm³/mol. The van der Waals surface area contributed by atoms with Crippen LogP contribution in [0.25, 0.3) is 0 Å². The number of rotatable bonds is 4. The van der Waals surface area contributed by atoms with Crippen molar-refractivity contribution in [2.45, 2.75) is 32.2 Å². The lowest BCUT2D eigenvalue weighted by Crippen LogP contribution is -2.36. The fourth-order valence-electron chi connectivity index (χ4n) is 1.54. The van der Waals surface area contributed by atoms with Crippen LogP contribution in [0.3, 0.4) is 0 Å². The van der Waals surface area contributed by atoms with Crippen LogP contribution in [0.5, 0.6) is 0 Å². The highest BCUT2D eigenvalue weighted by Crippen LogP contribution is 2.08. The molecule has 0 amide bonds. The summed E-state index contributed by atoms with van der Waals surface area (Å²) in [6, 6.07) is 0.614. The summed E-state index contributed by atoms with van der Waals surface area (Å²) >= 11 is 0. The monoisotopic (exact) mass is 201 g/mol. The van der Waals surface area contributed by atoms with E-state index in [2.05, 4.69) is 17.5 Å². The molecular formula is C10H19NOS. The number of nitrogens with one attached hydrogen (secondary N) is 1. The molecule has 0 bridgehead atoms. The third-order valence-corrected chi connectivity index (χ3v) is 3.75. The zero-order chi connectivity index (χ0) is 9.52. The Labute approximate surface area is 83.3 Å². The van der Waals surface area contributed by atoms with E-state index in [1.54, 1.807) is 0 Å². The molecule has 0 aliphatic carbocycles. The van der Waals surface area contributed by atoms with Crippen LogP contribution in [0.4, 0.5) is 0 Å². The van der Waals surface area contributed by atoms with Crippen molar-refractivity contribution in [3.8, 4) is 0 Å². The Hall–Kier alpha value is -0.150. The second-order valence-corrected chi connectivity index (χ2v) is 5.13. The second kappa shape index (κ2) is 6.33. The Morgan fingerprint density at radius 1 is 1.46 bits per heavy atom. The van der Waals surface area contributed by atoms with E-state index >= 15 is 0 Å². The molecule has 1 fully saturated rings. The summed E-state index contributed by atoms with van der Waals surface area (Å²) < 4.78 is 11.1. The van der Waals surface area contributed by atoms with Crippen LogP contribution in [0.15, 0.2) is 12.2 Å². The van der Waals surface area contributed by atoms with Gasteiger partial charge >= 0.3 is 0 Å². The van der Waals surface area contributed by atoms with Gasteiger partial charge < -0.3 is 5.32 Å². The first kappa shape index (κ1) is 10.9. The molecule has 1 aliphatic heterocycles. The van der Waals surface area contributed by atoms with Crippen molar-refractivity contribution >= 4 is 10.8 Å². The molecule has 13 heavy (non-hydrogen) atoms. The minimum absolute atomic E-state index is 0.524. The maximum atomic E-state index is 11.1. The fraction of sp³-hybridized carbons (Fsp3) is 0.800. The van der Waals surface area contributed by atoms with E-state index in [1.807, 2.05) is 6.92 Å². The lowest BCUT2D eigenvalue weighted by atomic mass is 10.1. The molecule has 0 atom stereocenters. The van der Waals surface area contributed by atoms with Crippen LogP contribution >= 0.6 is 0 Å². The minimum Gasteiger partial charge on any atom is -0.314 e. The average molecular weight is 201 g/mol. The van der Waals surface area contributed by atoms with Gasteiger partial charge in [-0.3, -0.25) is 4.21 Å². The molecule has 0 aromatic rings. The summed E-state index contributed by atoms with van der Waals surface area (Å²) in [5.74, 6) is 1.78. The first-order valence-corrected chi connectivity index (χ1v) is 6.51. The van der Waals surface area contributed by atoms with Crippen molar-refractivity contribution in [1.82, 2.24) is 5.32 Å². The minimum atomic E-state index is -0.524. The molecule has 1 aliphatic rings. The van der Waals surface area contributed by atoms with Gasteiger partial charge in [-0.05, 0) is 32.7 Å². The molecule has 1 saturated heterocycles. The molecule has 0 spiro atoms. The van der Waals surface area contributed by atoms with Gasteiger partial charge in [-0.2, -0.15) is 0 Å². The lowest BCUT2D eigenvalue weighted by Gasteiger charge is -2.22. The van der Waals surface area contributed by atoms with Gasteiger partial charge in [-0.15, -0.1) is 0 Å². The van der Waals surface area contributed by atoms with Crippen LogP contribution in [0.2, 0.25) is 0 Å². The maximum absolute atomic E-state index is 11.1. The van der Waals surface area contributed by atoms with Gasteiger partial charge in [-0.1, -0.05) is 12.2 Å². The van der Waals surface area contributed by atoms with E-state index in [9.17, 15) is 4.21 Å². The van der Waals surface area contributed by atoms with Gasteiger partial charge in [0.05, 0.1) is 0 Å². The van der Waals surface area contributed by atoms with Crippen LogP contribution in [0, 0.1) is 0 Å². The van der Waals surface area contributed by atoms with E-state index in [1.165, 1.54) is 0 Å². The molecule has 0 unspecified atom stereocenters. The fourth-order valence-corrected chi connectivity index (χ4v) is 2.83. The normalized spacial score (nSPS) is 29.6. The van der Waals surface area contributed by atoms with Crippen LogP contribution in [-0.4, -0.2) is 28.3 Å². The van der Waals surface area contributed by atoms with Gasteiger partial charge in [0.25, 0.3) is 0 Å². The molecule has 0 aromatic heterocycles. The van der Waals surface area contributed by atoms with Crippen LogP contribution in [-0.2, 0) is 10.8 Å². The van der Waals surface area contributed by atoms with Gasteiger partial charge in [0.15, 0.2) is 0 Å². The highest BCUT2D eigenvalue weighted by molar-refractivity contribution is 7.85. The molecule has 1 heterocycles. The third kappa shape index (κ3) is 4.58. The second-order valence-electron chi connectivity index (χ2n) is 3.43. The van der Waals surface area contributed by atoms with Gasteiger partial charge in [-0.25, -0.2) is 0 Å². The Balaban J connectivity index is 2.05. The zero-order valence-electron chi connectivity index (χ0n) is 8.29. The highest BCUT2D eigenvalue weighted by Gasteiger charge is 2.16. The van der Waals surface area contributed by atoms with Gasteiger partial charge in [0.2, 0.25) is 0 Å². The van der Waals surface area contributed by atoms with E-state index in [4.69, 9.17) is 0 Å². The summed E-state index contributed by atoms with van der Waals surface area (Å²) in [4.78, 5) is 0. The standard InChI is InChI=1S/C10H19NOS/c1-2-3-4-7-11-10-5-8-13(12)9-6-10/h2-3,10-11H,4-9H2,1H3/b3-2+. The molecule has 3 heteroatoms. The number of allylic oxidation sites excluding steroid dienone is 1. The molecule has 1 N–H and O–H groups in total. The summed E-state index contributed by atoms with van der Waals surface area (Å²) in [5.41, 5.74) is 0. The lowest BCUT2D eigenvalue weighted by molar-refractivity contribution is 0.481. The quantitative estimate of drug-likeness (QED) is 0.551. The zero-order valence-corrected chi connectivity index (χ0v) is 9.11. The average Bonchev–Trinajstić information content (AvgIpc) is 2.15. The highest BCUT2D eigenvalue weighted by atomic mass is 32.2. The predicted octanol–water partition coefficient (Wildman–Crippen LogP) is 1.45. The smallest absolute Gasteiger partial charge is 0.0249 e. The van der Waals surface area contributed by atoms with E-state index in [0.717, 1.165) is 37.3 Å². The largest absolute Gasteiger partial charge is 0.314 e. The summed E-state index contributed by atoms with van der Waals surface area (Å²) in [6.07, 6.45) is 7.53. The topological polar surface area (TPSA) is 29.1 Å². The Morgan fingerprint density at radius 3 is 2.77 bits per heavy atom. The van der Waals surface area contributed by atoms with Crippen molar-refractivity contribution in [3.05, 3.63) is 12.2 Å². The van der Waals surface area contributed by atoms with E-state index < -0.39 is 10.8 Å². The molecule has 2 nitrogen and oxygen atoms in total. The van der Waals surface area contributed by atoms with Gasteiger partial charge in [0.1, 0.15) is 0 Å². The summed E-state index contributed by atoms with van der Waals surface area (Å²) in [5, 5.41) is 3.49. The van der Waals surface area contributed by atoms with E-state index in [0.29, 0.717) is 6.04 Å². The first-order valence-electron chi connectivity index (χ1n) is 5.02. The molecule has 76 valence electrons. The SMILES string of the molecule is C/C=C/CCNC1CCS(=O)CC1. The van der Waals surface area contributed by atoms with Crippen molar-refractivity contribution in [1.29, 1.82) is 0 Å². The first-order chi connectivity index (χ1) is 6.33. The molecule has 0 radical (unpaired) electrons. The maximum Gasteiger partial charge on any atom is 0.0249 e. The molecular weight excluding hydrogens is 182 g/mol. The van der Waals surface area contributed by atoms with E-state index in [-0.39, 0.29) is 0 Å². The van der Waals surface area contributed by atoms with Gasteiger partial charge in [0, 0.05) is 28.3 Å². The van der Waals surface area contributed by atoms with Crippen LogP contribution in [0.1, 0.15) is 26.2 Å². The van der Waals surface area contributed by atoms with Crippen molar-refractivity contribution in [2.24, 2.45) is 0 Å². The van der Waals surface area contributed by atoms with Crippen molar-refractivity contribution < 1.29 is 4.21 Å². The molecule has 0 aromatic carbocycles. The van der Waals surface area contributed by atoms with Crippen LogP contribution < -0.4 is 5.32 Å². The third-order valence-electron chi connectivity index (χ3n) is 2.37. The number of hydrogen-bond acceptors (Lipinski definition) is 2. The summed E-state index contributed by atoms with van der Waals surface area (Å²) in [6.45, 7) is 3.10.